The zero-order chi connectivity index (χ0) is 49.9. The van der Waals surface area contributed by atoms with Crippen LogP contribution in [0, 0.1) is 5.92 Å². The van der Waals surface area contributed by atoms with Crippen molar-refractivity contribution in [3.8, 4) is 28.4 Å². The second kappa shape index (κ2) is 21.1. The maximum Gasteiger partial charge on any atom is 0.306 e. The highest BCUT2D eigenvalue weighted by molar-refractivity contribution is 7.99. The van der Waals surface area contributed by atoms with Crippen LogP contribution in [0.5, 0.6) is 17.2 Å². The Morgan fingerprint density at radius 3 is 2.15 bits per heavy atom. The molecule has 2 fully saturated rings. The number of ether oxygens (including phenoxy) is 5. The standard InChI is InChI=1S/C63H69NO7S/c1-6-61(3,4)70-57(66)30-29-56(65)69-40-39-68-47-27-23-45(24-28-47)63(44-21-25-46(26-22-44)64-37-32-43(2)33-38-64)36-31-50-59-58(49-19-13-14-20-53(49)62(59)34-15-8-7-9-16-35-62)51-42-55(72-48-17-11-10-12-18-48)54(67-5)41-52(51)60(50)71-63/h10-14,17-28,31,36,41-43H,6-9,15-16,29-30,32-35,37-40H2,1-5H3. The number of hydrogen-bond acceptors (Lipinski definition) is 9. The molecule has 72 heavy (non-hydrogen) atoms. The maximum atomic E-state index is 12.5. The Morgan fingerprint density at radius 2 is 1.44 bits per heavy atom. The lowest BCUT2D eigenvalue weighted by atomic mass is 9.67. The molecule has 374 valence electrons. The third-order valence-electron chi connectivity index (χ3n) is 15.8. The van der Waals surface area contributed by atoms with Crippen molar-refractivity contribution in [1.29, 1.82) is 0 Å². The van der Waals surface area contributed by atoms with Crippen molar-refractivity contribution in [3.63, 3.8) is 0 Å². The molecule has 8 nitrogen and oxygen atoms in total. The summed E-state index contributed by atoms with van der Waals surface area (Å²) in [7, 11) is 1.77. The highest BCUT2D eigenvalue weighted by Gasteiger charge is 2.48. The van der Waals surface area contributed by atoms with Gasteiger partial charge in [0, 0.05) is 51.2 Å². The number of hydrogen-bond donors (Lipinski definition) is 0. The fourth-order valence-corrected chi connectivity index (χ4v) is 12.5. The van der Waals surface area contributed by atoms with Crippen molar-refractivity contribution in [3.05, 3.63) is 149 Å². The number of anilines is 1. The number of piperidine rings is 1. The van der Waals surface area contributed by atoms with Gasteiger partial charge in [0.25, 0.3) is 0 Å². The molecule has 9 heteroatoms. The van der Waals surface area contributed by atoms with Crippen LogP contribution < -0.4 is 19.1 Å². The first-order chi connectivity index (χ1) is 35.0. The molecule has 6 aromatic carbocycles. The van der Waals surface area contributed by atoms with Gasteiger partial charge in [-0.3, -0.25) is 9.59 Å². The average molecular weight is 984 g/mol. The van der Waals surface area contributed by atoms with Gasteiger partial charge >= 0.3 is 11.9 Å². The molecular weight excluding hydrogens is 915 g/mol. The quantitative estimate of drug-likeness (QED) is 0.0738. The maximum absolute atomic E-state index is 12.5. The van der Waals surface area contributed by atoms with Crippen LogP contribution in [0.4, 0.5) is 5.69 Å². The van der Waals surface area contributed by atoms with E-state index < -0.39 is 23.1 Å². The van der Waals surface area contributed by atoms with Crippen LogP contribution in [0.3, 0.4) is 0 Å². The van der Waals surface area contributed by atoms with E-state index in [2.05, 4.69) is 127 Å². The molecular formula is C63H69NO7S. The minimum atomic E-state index is -1.01. The number of nitrogens with zero attached hydrogens (tertiary/aromatic N) is 1. The van der Waals surface area contributed by atoms with E-state index in [1.54, 1.807) is 18.9 Å². The molecule has 1 spiro atoms. The van der Waals surface area contributed by atoms with Gasteiger partial charge in [-0.25, -0.2) is 0 Å². The lowest BCUT2D eigenvalue weighted by molar-refractivity contribution is -0.159. The first kappa shape index (κ1) is 49.4. The molecule has 6 aromatic rings. The number of carbonyl (C=O) groups excluding carboxylic acids is 2. The van der Waals surface area contributed by atoms with Crippen LogP contribution in [-0.4, -0.2) is 51.0 Å². The number of benzene rings is 6. The van der Waals surface area contributed by atoms with Crippen molar-refractivity contribution >= 4 is 46.2 Å². The summed E-state index contributed by atoms with van der Waals surface area (Å²) < 4.78 is 31.3. The summed E-state index contributed by atoms with van der Waals surface area (Å²) in [5, 5.41) is 2.21. The van der Waals surface area contributed by atoms with Gasteiger partial charge in [0.05, 0.1) is 24.8 Å². The Morgan fingerprint density at radius 1 is 0.778 bits per heavy atom. The first-order valence-electron chi connectivity index (χ1n) is 26.4. The largest absolute Gasteiger partial charge is 0.496 e. The van der Waals surface area contributed by atoms with E-state index in [1.807, 2.05) is 32.9 Å². The molecule has 1 unspecified atom stereocenters. The van der Waals surface area contributed by atoms with Gasteiger partial charge in [0.15, 0.2) is 5.60 Å². The molecule has 1 atom stereocenters. The van der Waals surface area contributed by atoms with E-state index in [0.29, 0.717) is 12.2 Å². The summed E-state index contributed by atoms with van der Waals surface area (Å²) >= 11 is 1.74. The monoisotopic (exact) mass is 983 g/mol. The Labute approximate surface area is 430 Å². The van der Waals surface area contributed by atoms with Crippen molar-refractivity contribution < 1.29 is 33.3 Å². The van der Waals surface area contributed by atoms with Gasteiger partial charge in [-0.05, 0) is 134 Å². The van der Waals surface area contributed by atoms with Crippen LogP contribution in [0.25, 0.3) is 28.0 Å². The third kappa shape index (κ3) is 9.86. The number of carbonyl (C=O) groups is 2. The summed E-state index contributed by atoms with van der Waals surface area (Å²) in [4.78, 5) is 29.5. The summed E-state index contributed by atoms with van der Waals surface area (Å²) in [5.74, 6) is 2.19. The molecule has 1 saturated carbocycles. The van der Waals surface area contributed by atoms with E-state index in [0.717, 1.165) is 75.2 Å². The molecule has 1 saturated heterocycles. The number of rotatable bonds is 15. The lowest BCUT2D eigenvalue weighted by Gasteiger charge is -2.40. The van der Waals surface area contributed by atoms with Gasteiger partial charge in [0.2, 0.25) is 0 Å². The highest BCUT2D eigenvalue weighted by Crippen LogP contribution is 2.62. The van der Waals surface area contributed by atoms with E-state index in [-0.39, 0.29) is 31.5 Å². The second-order valence-electron chi connectivity index (χ2n) is 20.9. The van der Waals surface area contributed by atoms with Crippen molar-refractivity contribution in [2.45, 2.75) is 131 Å². The highest BCUT2D eigenvalue weighted by atomic mass is 32.2. The van der Waals surface area contributed by atoms with Gasteiger partial charge in [-0.15, -0.1) is 0 Å². The minimum Gasteiger partial charge on any atom is -0.496 e. The predicted octanol–water partition coefficient (Wildman–Crippen LogP) is 15.0. The molecule has 0 aromatic heterocycles. The Bertz CT molecular complexity index is 2930. The van der Waals surface area contributed by atoms with Crippen LogP contribution >= 0.6 is 11.8 Å². The van der Waals surface area contributed by atoms with Crippen LogP contribution in [0.15, 0.2) is 131 Å². The van der Waals surface area contributed by atoms with E-state index in [1.165, 1.54) is 78.3 Å². The molecule has 0 radical (unpaired) electrons. The fraction of sp³-hybridized carbons (Fsp3) is 0.397. The molecule has 0 N–H and O–H groups in total. The molecule has 2 aliphatic heterocycles. The molecule has 0 bridgehead atoms. The van der Waals surface area contributed by atoms with E-state index in [9.17, 15) is 9.59 Å². The van der Waals surface area contributed by atoms with Crippen LogP contribution in [0.1, 0.15) is 133 Å². The first-order valence-corrected chi connectivity index (χ1v) is 27.2. The van der Waals surface area contributed by atoms with Crippen LogP contribution in [0.2, 0.25) is 0 Å². The molecule has 10 rings (SSSR count). The summed E-state index contributed by atoms with van der Waals surface area (Å²) in [6, 6.07) is 41.5. The second-order valence-corrected chi connectivity index (χ2v) is 22.0. The summed E-state index contributed by atoms with van der Waals surface area (Å²) in [5.41, 5.74) is 8.15. The van der Waals surface area contributed by atoms with Crippen molar-refractivity contribution in [2.75, 3.05) is 38.3 Å². The third-order valence-corrected chi connectivity index (χ3v) is 16.9. The van der Waals surface area contributed by atoms with Gasteiger partial charge in [0.1, 0.15) is 36.1 Å². The Hall–Kier alpha value is -6.19. The molecule has 0 amide bonds. The fourth-order valence-electron chi connectivity index (χ4n) is 11.5. The topological polar surface area (TPSA) is 83.5 Å². The molecule has 2 aliphatic carbocycles. The molecule has 4 aliphatic rings. The van der Waals surface area contributed by atoms with E-state index >= 15 is 0 Å². The molecule has 2 heterocycles. The van der Waals surface area contributed by atoms with Gasteiger partial charge in [-0.1, -0.05) is 131 Å². The zero-order valence-electron chi connectivity index (χ0n) is 42.7. The SMILES string of the molecule is CCC(C)(C)OC(=O)CCC(=O)OCCOc1ccc(C2(c3ccc(N4CCC(C)CC4)cc3)C=Cc3c4c(c5cc(Sc6ccccc6)c(OC)cc5c3O2)-c2ccccc2C42CCCCCCC2)cc1. The number of methoxy groups -OCH3 is 1. The summed E-state index contributed by atoms with van der Waals surface area (Å²) in [6.07, 6.45) is 16.0. The zero-order valence-corrected chi connectivity index (χ0v) is 43.5. The number of esters is 2. The average Bonchev–Trinajstić information content (AvgIpc) is 3.69. The number of fused-ring (bicyclic) bond motifs is 10. The predicted molar refractivity (Wildman–Crippen MR) is 290 cm³/mol. The van der Waals surface area contributed by atoms with Crippen LogP contribution in [-0.2, 0) is 30.1 Å². The minimum absolute atomic E-state index is 0.0255. The van der Waals surface area contributed by atoms with Crippen molar-refractivity contribution in [2.24, 2.45) is 5.92 Å². The summed E-state index contributed by atoms with van der Waals surface area (Å²) in [6.45, 7) is 10.4. The normalized spacial score (nSPS) is 18.3. The van der Waals surface area contributed by atoms with E-state index in [4.69, 9.17) is 23.7 Å². The van der Waals surface area contributed by atoms with Crippen molar-refractivity contribution in [1.82, 2.24) is 0 Å². The van der Waals surface area contributed by atoms with Gasteiger partial charge in [-0.2, -0.15) is 0 Å². The lowest BCUT2D eigenvalue weighted by Crippen LogP contribution is -2.36. The smallest absolute Gasteiger partial charge is 0.306 e. The Kier molecular flexibility index (Phi) is 14.5. The van der Waals surface area contributed by atoms with Gasteiger partial charge < -0.3 is 28.6 Å². The Balaban J connectivity index is 1.04.